The van der Waals surface area contributed by atoms with Gasteiger partial charge in [-0.05, 0) is 36.8 Å². The molecule has 0 aromatic heterocycles. The van der Waals surface area contributed by atoms with Gasteiger partial charge in [0.05, 0.1) is 27.0 Å². The summed E-state index contributed by atoms with van der Waals surface area (Å²) in [6.45, 7) is 4.97. The summed E-state index contributed by atoms with van der Waals surface area (Å²) in [5.74, 6) is 1.30. The van der Waals surface area contributed by atoms with Crippen LogP contribution in [0.4, 0.5) is 4.79 Å². The number of amides is 3. The molecular formula is C22H31N3O5. The smallest absolute Gasteiger partial charge is 0.326 e. The Morgan fingerprint density at radius 1 is 1.13 bits per heavy atom. The SMILES string of the molecule is COc1ccc(OC)c2c1CN(CN1C(=O)NC3(C1=O)C(C)CCCC3C)CC2O. The van der Waals surface area contributed by atoms with E-state index in [1.54, 1.807) is 20.3 Å². The Hall–Kier alpha value is -2.32. The molecule has 0 radical (unpaired) electrons. The zero-order valence-corrected chi connectivity index (χ0v) is 18.1. The molecule has 3 unspecified atom stereocenters. The lowest BCUT2D eigenvalue weighted by atomic mass is 9.67. The van der Waals surface area contributed by atoms with Crippen molar-refractivity contribution < 1.29 is 24.2 Å². The number of carbonyl (C=O) groups excluding carboxylic acids is 2. The maximum atomic E-state index is 13.4. The van der Waals surface area contributed by atoms with Gasteiger partial charge < -0.3 is 19.9 Å². The molecule has 164 valence electrons. The van der Waals surface area contributed by atoms with E-state index < -0.39 is 11.6 Å². The standard InChI is InChI=1S/C22H31N3O5/c1-13-6-5-7-14(2)22(13)20(27)25(21(28)23-22)12-24-10-15-17(29-3)8-9-18(30-4)19(15)16(26)11-24/h8-9,13-14,16,26H,5-7,10-12H2,1-4H3,(H,23,28). The van der Waals surface area contributed by atoms with Crippen LogP contribution in [-0.2, 0) is 11.3 Å². The number of methoxy groups -OCH3 is 2. The number of nitrogens with one attached hydrogen (secondary N) is 1. The van der Waals surface area contributed by atoms with E-state index >= 15 is 0 Å². The van der Waals surface area contributed by atoms with Gasteiger partial charge in [-0.2, -0.15) is 0 Å². The average Bonchev–Trinajstić information content (AvgIpc) is 2.97. The van der Waals surface area contributed by atoms with Crippen molar-refractivity contribution in [3.05, 3.63) is 23.3 Å². The Morgan fingerprint density at radius 3 is 2.40 bits per heavy atom. The van der Waals surface area contributed by atoms with Gasteiger partial charge in [0.15, 0.2) is 0 Å². The number of rotatable bonds is 4. The molecule has 1 saturated carbocycles. The van der Waals surface area contributed by atoms with Crippen LogP contribution >= 0.6 is 0 Å². The number of β-amino-alcohol motifs (C(OH)–C–C–N with tert-alkyl or cyclic N) is 1. The Bertz CT molecular complexity index is 847. The Kier molecular flexibility index (Phi) is 5.40. The van der Waals surface area contributed by atoms with Gasteiger partial charge in [-0.25, -0.2) is 9.69 Å². The summed E-state index contributed by atoms with van der Waals surface area (Å²) in [6.07, 6.45) is 2.12. The van der Waals surface area contributed by atoms with Crippen molar-refractivity contribution in [2.24, 2.45) is 11.8 Å². The van der Waals surface area contributed by atoms with Crippen LogP contribution in [-0.4, -0.2) is 59.8 Å². The van der Waals surface area contributed by atoms with Gasteiger partial charge in [0.1, 0.15) is 17.0 Å². The molecular weight excluding hydrogens is 386 g/mol. The molecule has 8 nitrogen and oxygen atoms in total. The van der Waals surface area contributed by atoms with E-state index in [1.165, 1.54) is 4.90 Å². The number of fused-ring (bicyclic) bond motifs is 1. The number of imide groups is 1. The first-order chi connectivity index (χ1) is 14.3. The number of aliphatic hydroxyl groups excluding tert-OH is 1. The number of hydrogen-bond donors (Lipinski definition) is 2. The number of hydrogen-bond acceptors (Lipinski definition) is 6. The van der Waals surface area contributed by atoms with E-state index in [2.05, 4.69) is 19.2 Å². The highest BCUT2D eigenvalue weighted by Gasteiger charge is 2.58. The summed E-state index contributed by atoms with van der Waals surface area (Å²) in [6, 6.07) is 3.24. The lowest BCUT2D eigenvalue weighted by molar-refractivity contribution is -0.138. The van der Waals surface area contributed by atoms with Crippen LogP contribution < -0.4 is 14.8 Å². The first kappa shape index (κ1) is 20.9. The predicted molar refractivity (Wildman–Crippen MR) is 110 cm³/mol. The maximum absolute atomic E-state index is 13.4. The lowest BCUT2D eigenvalue weighted by Crippen LogP contribution is -2.59. The van der Waals surface area contributed by atoms with E-state index in [1.807, 2.05) is 11.0 Å². The number of aliphatic hydroxyl groups is 1. The molecule has 1 aromatic carbocycles. The van der Waals surface area contributed by atoms with Crippen molar-refractivity contribution in [2.45, 2.75) is 51.3 Å². The lowest BCUT2D eigenvalue weighted by Gasteiger charge is -2.42. The number of nitrogens with zero attached hydrogens (tertiary/aromatic N) is 2. The predicted octanol–water partition coefficient (Wildman–Crippen LogP) is 2.26. The van der Waals surface area contributed by atoms with Crippen molar-refractivity contribution in [3.63, 3.8) is 0 Å². The first-order valence-corrected chi connectivity index (χ1v) is 10.6. The topological polar surface area (TPSA) is 91.3 Å². The van der Waals surface area contributed by atoms with Crippen molar-refractivity contribution in [1.29, 1.82) is 0 Å². The van der Waals surface area contributed by atoms with E-state index in [-0.39, 0.29) is 30.4 Å². The van der Waals surface area contributed by atoms with Crippen LogP contribution in [0.25, 0.3) is 0 Å². The second kappa shape index (κ2) is 7.74. The molecule has 2 fully saturated rings. The molecule has 8 heteroatoms. The van der Waals surface area contributed by atoms with Gasteiger partial charge in [0, 0.05) is 24.2 Å². The van der Waals surface area contributed by atoms with Gasteiger partial charge in [-0.1, -0.05) is 20.3 Å². The second-order valence-corrected chi connectivity index (χ2v) is 8.80. The Morgan fingerprint density at radius 2 is 1.77 bits per heavy atom. The third kappa shape index (κ3) is 3.04. The summed E-state index contributed by atoms with van der Waals surface area (Å²) in [5.41, 5.74) is 0.704. The highest BCUT2D eigenvalue weighted by atomic mass is 16.5. The molecule has 2 aliphatic heterocycles. The average molecular weight is 418 g/mol. The summed E-state index contributed by atoms with van der Waals surface area (Å²) in [5, 5.41) is 13.8. The minimum absolute atomic E-state index is 0.0970. The van der Waals surface area contributed by atoms with Gasteiger partial charge in [-0.15, -0.1) is 0 Å². The zero-order valence-electron chi connectivity index (χ0n) is 18.1. The molecule has 1 spiro atoms. The molecule has 0 bridgehead atoms. The monoisotopic (exact) mass is 417 g/mol. The van der Waals surface area contributed by atoms with Crippen LogP contribution in [0, 0.1) is 11.8 Å². The van der Waals surface area contributed by atoms with Crippen LogP contribution in [0.3, 0.4) is 0 Å². The highest BCUT2D eigenvalue weighted by molar-refractivity contribution is 6.07. The Labute approximate surface area is 177 Å². The molecule has 2 heterocycles. The number of ether oxygens (including phenoxy) is 2. The summed E-state index contributed by atoms with van der Waals surface area (Å²) < 4.78 is 10.9. The van der Waals surface area contributed by atoms with E-state index in [9.17, 15) is 14.7 Å². The minimum Gasteiger partial charge on any atom is -0.496 e. The maximum Gasteiger partial charge on any atom is 0.326 e. The summed E-state index contributed by atoms with van der Waals surface area (Å²) in [7, 11) is 3.15. The second-order valence-electron chi connectivity index (χ2n) is 8.80. The zero-order chi connectivity index (χ0) is 21.6. The van der Waals surface area contributed by atoms with Gasteiger partial charge in [0.2, 0.25) is 0 Å². The molecule has 4 rings (SSSR count). The van der Waals surface area contributed by atoms with Crippen molar-refractivity contribution >= 4 is 11.9 Å². The molecule has 1 saturated heterocycles. The highest BCUT2D eigenvalue weighted by Crippen LogP contribution is 2.43. The first-order valence-electron chi connectivity index (χ1n) is 10.6. The normalized spacial score (nSPS) is 31.6. The fraction of sp³-hybridized carbons (Fsp3) is 0.636. The quantitative estimate of drug-likeness (QED) is 0.731. The molecule has 3 aliphatic rings. The molecule has 1 aliphatic carbocycles. The summed E-state index contributed by atoms with van der Waals surface area (Å²) >= 11 is 0. The van der Waals surface area contributed by atoms with Crippen LogP contribution in [0.2, 0.25) is 0 Å². The third-order valence-corrected chi connectivity index (χ3v) is 7.19. The summed E-state index contributed by atoms with van der Waals surface area (Å²) in [4.78, 5) is 29.5. The van der Waals surface area contributed by atoms with E-state index in [0.29, 0.717) is 30.2 Å². The van der Waals surface area contributed by atoms with Gasteiger partial charge in [-0.3, -0.25) is 9.69 Å². The molecule has 1 aromatic rings. The van der Waals surface area contributed by atoms with Gasteiger partial charge in [0.25, 0.3) is 5.91 Å². The van der Waals surface area contributed by atoms with Gasteiger partial charge >= 0.3 is 6.03 Å². The molecule has 30 heavy (non-hydrogen) atoms. The Balaban J connectivity index is 1.59. The van der Waals surface area contributed by atoms with E-state index in [4.69, 9.17) is 9.47 Å². The third-order valence-electron chi connectivity index (χ3n) is 7.19. The number of carbonyl (C=O) groups is 2. The molecule has 3 atom stereocenters. The van der Waals surface area contributed by atoms with Crippen LogP contribution in [0.15, 0.2) is 12.1 Å². The van der Waals surface area contributed by atoms with Crippen molar-refractivity contribution in [3.8, 4) is 11.5 Å². The minimum atomic E-state index is -0.817. The number of urea groups is 1. The fourth-order valence-electron chi connectivity index (χ4n) is 5.53. The molecule has 3 amide bonds. The van der Waals surface area contributed by atoms with Crippen molar-refractivity contribution in [2.75, 3.05) is 27.4 Å². The van der Waals surface area contributed by atoms with Crippen LogP contribution in [0.5, 0.6) is 11.5 Å². The van der Waals surface area contributed by atoms with Crippen LogP contribution in [0.1, 0.15) is 50.3 Å². The fourth-order valence-corrected chi connectivity index (χ4v) is 5.53. The number of benzene rings is 1. The van der Waals surface area contributed by atoms with E-state index in [0.717, 1.165) is 24.8 Å². The largest absolute Gasteiger partial charge is 0.496 e. The van der Waals surface area contributed by atoms with Crippen molar-refractivity contribution in [1.82, 2.24) is 15.1 Å². The molecule has 2 N–H and O–H groups in total.